The Labute approximate surface area is 170 Å². The average Bonchev–Trinajstić information content (AvgIpc) is 2.71. The molecule has 0 radical (unpaired) electrons. The molecule has 0 fully saturated rings. The molecular weight excluding hydrogens is 401 g/mol. The normalized spacial score (nSPS) is 11.2. The summed E-state index contributed by atoms with van der Waals surface area (Å²) in [6.45, 7) is 0.237. The highest BCUT2D eigenvalue weighted by atomic mass is 19.4. The molecule has 0 bridgehead atoms. The van der Waals surface area contributed by atoms with E-state index in [1.807, 2.05) is 0 Å². The zero-order chi connectivity index (χ0) is 22.3. The van der Waals surface area contributed by atoms with Gasteiger partial charge in [-0.2, -0.15) is 13.2 Å². The van der Waals surface area contributed by atoms with E-state index in [0.29, 0.717) is 22.4 Å². The van der Waals surface area contributed by atoms with Crippen molar-refractivity contribution < 1.29 is 32.3 Å². The summed E-state index contributed by atoms with van der Waals surface area (Å²) in [7, 11) is 1.28. The predicted molar refractivity (Wildman–Crippen MR) is 105 cm³/mol. The molecule has 2 aromatic carbocycles. The van der Waals surface area contributed by atoms with E-state index < -0.39 is 30.5 Å². The first kappa shape index (κ1) is 22.7. The van der Waals surface area contributed by atoms with Crippen molar-refractivity contribution >= 4 is 29.5 Å². The van der Waals surface area contributed by atoms with E-state index in [1.165, 1.54) is 37.5 Å². The summed E-state index contributed by atoms with van der Waals surface area (Å²) in [6, 6.07) is 10.6. The molecule has 0 heterocycles. The van der Waals surface area contributed by atoms with Crippen LogP contribution >= 0.6 is 0 Å². The van der Waals surface area contributed by atoms with Crippen LogP contribution in [0.1, 0.15) is 31.8 Å². The maximum Gasteiger partial charge on any atom is 0.405 e. The highest BCUT2D eigenvalue weighted by Crippen LogP contribution is 2.18. The van der Waals surface area contributed by atoms with Crippen LogP contribution in [0, 0.1) is 6.92 Å². The Kier molecular flexibility index (Phi) is 7.35. The van der Waals surface area contributed by atoms with Crippen LogP contribution in [0.5, 0.6) is 0 Å². The van der Waals surface area contributed by atoms with Crippen molar-refractivity contribution in [1.29, 1.82) is 0 Å². The number of anilines is 1. The van der Waals surface area contributed by atoms with Crippen LogP contribution < -0.4 is 10.6 Å². The number of rotatable bonds is 6. The Morgan fingerprint density at radius 1 is 1.03 bits per heavy atom. The molecule has 2 aromatic rings. The third kappa shape index (κ3) is 6.77. The molecule has 2 amide bonds. The Morgan fingerprint density at radius 2 is 1.67 bits per heavy atom. The van der Waals surface area contributed by atoms with E-state index in [9.17, 15) is 27.6 Å². The summed E-state index contributed by atoms with van der Waals surface area (Å²) in [5, 5.41) is 4.36. The van der Waals surface area contributed by atoms with Gasteiger partial charge in [0.05, 0.1) is 12.7 Å². The Bertz CT molecular complexity index is 967. The van der Waals surface area contributed by atoms with E-state index in [0.717, 1.165) is 0 Å². The number of hydrogen-bond acceptors (Lipinski definition) is 4. The summed E-state index contributed by atoms with van der Waals surface area (Å²) in [5.41, 5.74) is 1.95. The van der Waals surface area contributed by atoms with Crippen LogP contribution in [0.15, 0.2) is 48.5 Å². The number of carbonyl (C=O) groups excluding carboxylic acids is 3. The van der Waals surface area contributed by atoms with Crippen LogP contribution in [-0.4, -0.2) is 37.6 Å². The topological polar surface area (TPSA) is 84.5 Å². The second-order valence-corrected chi connectivity index (χ2v) is 6.26. The lowest BCUT2D eigenvalue weighted by molar-refractivity contribution is -0.123. The first-order valence-corrected chi connectivity index (χ1v) is 8.72. The number of ether oxygens (including phenoxy) is 1. The summed E-state index contributed by atoms with van der Waals surface area (Å²) < 4.78 is 41.4. The minimum Gasteiger partial charge on any atom is -0.465 e. The highest BCUT2D eigenvalue weighted by molar-refractivity contribution is 6.03. The number of nitrogens with one attached hydrogen (secondary N) is 2. The molecule has 2 N–H and O–H groups in total. The third-order valence-electron chi connectivity index (χ3n) is 3.97. The number of benzene rings is 2. The maximum absolute atomic E-state index is 12.2. The van der Waals surface area contributed by atoms with Gasteiger partial charge in [0.1, 0.15) is 6.54 Å². The van der Waals surface area contributed by atoms with Gasteiger partial charge in [-0.3, -0.25) is 9.59 Å². The monoisotopic (exact) mass is 420 g/mol. The van der Waals surface area contributed by atoms with Crippen molar-refractivity contribution in [3.05, 3.63) is 70.8 Å². The Morgan fingerprint density at radius 3 is 2.27 bits per heavy atom. The van der Waals surface area contributed by atoms with E-state index in [4.69, 9.17) is 0 Å². The standard InChI is InChI=1S/C21H19F3N2O4/c1-13-3-7-16(19(28)25-12-21(22,23)24)11-17(13)26-18(27)10-6-14-4-8-15(9-5-14)20(29)30-2/h3-11H,12H2,1-2H3,(H,25,28)(H,26,27)/b10-6+. The van der Waals surface area contributed by atoms with Crippen LogP contribution in [0.25, 0.3) is 6.08 Å². The van der Waals surface area contributed by atoms with Gasteiger partial charge in [-0.1, -0.05) is 18.2 Å². The highest BCUT2D eigenvalue weighted by Gasteiger charge is 2.28. The number of amides is 2. The second-order valence-electron chi connectivity index (χ2n) is 6.26. The predicted octanol–water partition coefficient (Wildman–Crippen LogP) is 3.73. The fraction of sp³-hybridized carbons (Fsp3) is 0.190. The largest absolute Gasteiger partial charge is 0.465 e. The van der Waals surface area contributed by atoms with Crippen molar-refractivity contribution in [2.24, 2.45) is 0 Å². The molecule has 0 unspecified atom stereocenters. The van der Waals surface area contributed by atoms with Gasteiger partial charge in [-0.25, -0.2) is 4.79 Å². The van der Waals surface area contributed by atoms with Crippen molar-refractivity contribution in [1.82, 2.24) is 5.32 Å². The van der Waals surface area contributed by atoms with Crippen LogP contribution in [0.3, 0.4) is 0 Å². The molecule has 0 atom stereocenters. The van der Waals surface area contributed by atoms with Gasteiger partial charge in [-0.05, 0) is 48.4 Å². The van der Waals surface area contributed by atoms with Gasteiger partial charge in [0.25, 0.3) is 5.91 Å². The summed E-state index contributed by atoms with van der Waals surface area (Å²) in [6.07, 6.45) is -1.74. The second kappa shape index (κ2) is 9.73. The number of aryl methyl sites for hydroxylation is 1. The van der Waals surface area contributed by atoms with Gasteiger partial charge in [-0.15, -0.1) is 0 Å². The first-order valence-electron chi connectivity index (χ1n) is 8.72. The lowest BCUT2D eigenvalue weighted by Gasteiger charge is -2.11. The SMILES string of the molecule is COC(=O)c1ccc(/C=C/C(=O)Nc2cc(C(=O)NCC(F)(F)F)ccc2C)cc1. The average molecular weight is 420 g/mol. The lowest BCUT2D eigenvalue weighted by atomic mass is 10.1. The number of alkyl halides is 3. The molecule has 0 aliphatic heterocycles. The Balaban J connectivity index is 2.04. The maximum atomic E-state index is 12.2. The molecule has 0 saturated heterocycles. The van der Waals surface area contributed by atoms with Crippen LogP contribution in [-0.2, 0) is 9.53 Å². The van der Waals surface area contributed by atoms with Crippen molar-refractivity contribution in [2.45, 2.75) is 13.1 Å². The van der Waals surface area contributed by atoms with E-state index in [1.54, 1.807) is 36.5 Å². The molecule has 2 rings (SSSR count). The molecule has 30 heavy (non-hydrogen) atoms. The minimum atomic E-state index is -4.52. The molecule has 158 valence electrons. The number of halogens is 3. The van der Waals surface area contributed by atoms with Crippen molar-refractivity contribution in [3.63, 3.8) is 0 Å². The fourth-order valence-corrected chi connectivity index (χ4v) is 2.37. The van der Waals surface area contributed by atoms with E-state index in [-0.39, 0.29) is 5.56 Å². The quantitative estimate of drug-likeness (QED) is 0.551. The molecule has 0 saturated carbocycles. The molecular formula is C21H19F3N2O4. The molecule has 6 nitrogen and oxygen atoms in total. The number of esters is 1. The molecule has 0 aliphatic rings. The van der Waals surface area contributed by atoms with Crippen LogP contribution in [0.4, 0.5) is 18.9 Å². The van der Waals surface area contributed by atoms with Crippen LogP contribution in [0.2, 0.25) is 0 Å². The summed E-state index contributed by atoms with van der Waals surface area (Å²) >= 11 is 0. The van der Waals surface area contributed by atoms with E-state index in [2.05, 4.69) is 10.1 Å². The van der Waals surface area contributed by atoms with Crippen molar-refractivity contribution in [2.75, 3.05) is 19.0 Å². The lowest BCUT2D eigenvalue weighted by Crippen LogP contribution is -2.33. The number of methoxy groups -OCH3 is 1. The van der Waals surface area contributed by atoms with Gasteiger partial charge < -0.3 is 15.4 Å². The molecule has 9 heteroatoms. The van der Waals surface area contributed by atoms with E-state index >= 15 is 0 Å². The van der Waals surface area contributed by atoms with Gasteiger partial charge in [0.2, 0.25) is 5.91 Å². The van der Waals surface area contributed by atoms with Gasteiger partial charge in [0, 0.05) is 17.3 Å². The number of carbonyl (C=O) groups is 3. The van der Waals surface area contributed by atoms with Gasteiger partial charge in [0.15, 0.2) is 0 Å². The first-order chi connectivity index (χ1) is 14.1. The molecule has 0 aromatic heterocycles. The fourth-order valence-electron chi connectivity index (χ4n) is 2.37. The zero-order valence-electron chi connectivity index (χ0n) is 16.2. The van der Waals surface area contributed by atoms with Crippen molar-refractivity contribution in [3.8, 4) is 0 Å². The zero-order valence-corrected chi connectivity index (χ0v) is 16.2. The summed E-state index contributed by atoms with van der Waals surface area (Å²) in [4.78, 5) is 35.5. The third-order valence-corrected chi connectivity index (χ3v) is 3.97. The van der Waals surface area contributed by atoms with Gasteiger partial charge >= 0.3 is 12.1 Å². The smallest absolute Gasteiger partial charge is 0.405 e. The summed E-state index contributed by atoms with van der Waals surface area (Å²) in [5.74, 6) is -1.87. The molecule has 0 aliphatic carbocycles. The minimum absolute atomic E-state index is 0.0115. The number of hydrogen-bond donors (Lipinski definition) is 2. The molecule has 0 spiro atoms. The Hall–Kier alpha value is -3.62.